The van der Waals surface area contributed by atoms with Crippen LogP contribution in [0.5, 0.6) is 0 Å². The molecule has 3 heteroatoms. The minimum Gasteiger partial charge on any atom is -0.431 e. The molecule has 0 saturated heterocycles. The van der Waals surface area contributed by atoms with Crippen molar-refractivity contribution in [2.75, 3.05) is 0 Å². The zero-order valence-corrected chi connectivity index (χ0v) is 24.7. The molecule has 3 fully saturated rings. The average Bonchev–Trinajstić information content (AvgIpc) is 3.25. The van der Waals surface area contributed by atoms with Gasteiger partial charge in [0.25, 0.3) is 0 Å². The zero-order chi connectivity index (χ0) is 26.9. The van der Waals surface area contributed by atoms with E-state index in [2.05, 4.69) is 40.7 Å². The molecule has 0 heterocycles. The monoisotopic (exact) mass is 520 g/mol. The maximum Gasteiger partial charge on any atom is 0.508 e. The number of hydrogen-bond acceptors (Lipinski definition) is 3. The SMILES string of the molecule is CC(C)CCC[C@H](C)[C@H]1CC[C@H]2[C@H]3CC=C4C[C@@H](OC(=O)OCc5ccccc5)CC[C@]4(C)[C@@H]3CC[C@]12C. The van der Waals surface area contributed by atoms with E-state index in [0.717, 1.165) is 60.3 Å². The Kier molecular flexibility index (Phi) is 8.32. The second-order valence-electron chi connectivity index (χ2n) is 14.3. The van der Waals surface area contributed by atoms with Gasteiger partial charge >= 0.3 is 6.16 Å². The Balaban J connectivity index is 1.19. The molecule has 1 aromatic rings. The second kappa shape index (κ2) is 11.4. The van der Waals surface area contributed by atoms with Gasteiger partial charge in [-0.1, -0.05) is 95.9 Å². The fraction of sp³-hybridized carbons (Fsp3) is 0.743. The number of rotatable bonds is 8. The van der Waals surface area contributed by atoms with Crippen LogP contribution in [0, 0.1) is 46.3 Å². The summed E-state index contributed by atoms with van der Waals surface area (Å²) in [7, 11) is 0. The number of carbonyl (C=O) groups is 1. The summed E-state index contributed by atoms with van der Waals surface area (Å²) in [6.45, 7) is 12.8. The molecule has 4 aliphatic carbocycles. The van der Waals surface area contributed by atoms with Crippen molar-refractivity contribution in [1.29, 1.82) is 0 Å². The van der Waals surface area contributed by atoms with Crippen molar-refractivity contribution < 1.29 is 14.3 Å². The number of hydrogen-bond donors (Lipinski definition) is 0. The van der Waals surface area contributed by atoms with Crippen LogP contribution >= 0.6 is 0 Å². The average molecular weight is 521 g/mol. The summed E-state index contributed by atoms with van der Waals surface area (Å²) in [5.74, 6) is 5.11. The van der Waals surface area contributed by atoms with Crippen LogP contribution in [-0.4, -0.2) is 12.3 Å². The molecule has 1 aromatic carbocycles. The normalized spacial score (nSPS) is 37.0. The van der Waals surface area contributed by atoms with Crippen molar-refractivity contribution in [3.63, 3.8) is 0 Å². The van der Waals surface area contributed by atoms with Crippen LogP contribution in [0.1, 0.15) is 111 Å². The largest absolute Gasteiger partial charge is 0.508 e. The molecule has 0 aromatic heterocycles. The lowest BCUT2D eigenvalue weighted by molar-refractivity contribution is -0.0620. The lowest BCUT2D eigenvalue weighted by Gasteiger charge is -2.58. The first-order valence-corrected chi connectivity index (χ1v) is 15.8. The van der Waals surface area contributed by atoms with Gasteiger partial charge in [-0.15, -0.1) is 0 Å². The van der Waals surface area contributed by atoms with Crippen LogP contribution in [-0.2, 0) is 16.1 Å². The van der Waals surface area contributed by atoms with Gasteiger partial charge < -0.3 is 9.47 Å². The Bertz CT molecular complexity index is 982. The second-order valence-corrected chi connectivity index (χ2v) is 14.3. The topological polar surface area (TPSA) is 35.5 Å². The van der Waals surface area contributed by atoms with Gasteiger partial charge in [-0.3, -0.25) is 0 Å². The molecule has 5 rings (SSSR count). The standard InChI is InChI=1S/C35H52O3/c1-24(2)10-9-11-25(3)30-16-17-31-29-15-14-27-22-28(38-33(36)37-23-26-12-7-6-8-13-26)18-20-34(27,4)32(29)19-21-35(30,31)5/h6-8,12-14,24-25,28-32H,9-11,15-23H2,1-5H3/t25-,28-,29+,30+,31-,32+,34-,35+/m0/s1. The molecule has 4 aliphatic rings. The van der Waals surface area contributed by atoms with Crippen molar-refractivity contribution in [2.45, 2.75) is 118 Å². The highest BCUT2D eigenvalue weighted by Gasteiger charge is 2.59. The van der Waals surface area contributed by atoms with E-state index in [1.807, 2.05) is 30.3 Å². The van der Waals surface area contributed by atoms with Gasteiger partial charge in [-0.25, -0.2) is 4.79 Å². The molecule has 0 unspecified atom stereocenters. The predicted molar refractivity (Wildman–Crippen MR) is 155 cm³/mol. The van der Waals surface area contributed by atoms with E-state index in [-0.39, 0.29) is 18.1 Å². The van der Waals surface area contributed by atoms with Crippen molar-refractivity contribution in [2.24, 2.45) is 46.3 Å². The first-order valence-electron chi connectivity index (χ1n) is 15.8. The molecular formula is C35H52O3. The summed E-state index contributed by atoms with van der Waals surface area (Å²) >= 11 is 0. The molecular weight excluding hydrogens is 468 g/mol. The van der Waals surface area contributed by atoms with Gasteiger partial charge in [0, 0.05) is 6.42 Å². The third-order valence-corrected chi connectivity index (χ3v) is 11.7. The summed E-state index contributed by atoms with van der Waals surface area (Å²) in [6.07, 6.45) is 16.1. The van der Waals surface area contributed by atoms with Gasteiger partial charge in [0.05, 0.1) is 0 Å². The van der Waals surface area contributed by atoms with Gasteiger partial charge in [0.1, 0.15) is 12.7 Å². The summed E-state index contributed by atoms with van der Waals surface area (Å²) in [5.41, 5.74) is 3.36. The molecule has 0 N–H and O–H groups in total. The Hall–Kier alpha value is -1.77. The van der Waals surface area contributed by atoms with Crippen LogP contribution < -0.4 is 0 Å². The molecule has 0 aliphatic heterocycles. The Morgan fingerprint density at radius 1 is 0.974 bits per heavy atom. The molecule has 0 bridgehead atoms. The van der Waals surface area contributed by atoms with Gasteiger partial charge in [-0.05, 0) is 96.8 Å². The Morgan fingerprint density at radius 2 is 1.76 bits per heavy atom. The van der Waals surface area contributed by atoms with Crippen LogP contribution in [0.15, 0.2) is 42.0 Å². The van der Waals surface area contributed by atoms with E-state index in [1.165, 1.54) is 51.4 Å². The number of benzene rings is 1. The number of fused-ring (bicyclic) bond motifs is 5. The van der Waals surface area contributed by atoms with Gasteiger partial charge in [0.2, 0.25) is 0 Å². The first-order chi connectivity index (χ1) is 18.2. The van der Waals surface area contributed by atoms with Crippen molar-refractivity contribution >= 4 is 6.16 Å². The lowest BCUT2D eigenvalue weighted by atomic mass is 9.47. The van der Waals surface area contributed by atoms with E-state index in [9.17, 15) is 4.79 Å². The molecule has 3 nitrogen and oxygen atoms in total. The number of carbonyl (C=O) groups excluding carboxylic acids is 1. The van der Waals surface area contributed by atoms with Crippen LogP contribution in [0.4, 0.5) is 4.79 Å². The highest BCUT2D eigenvalue weighted by molar-refractivity contribution is 5.60. The third kappa shape index (κ3) is 5.46. The summed E-state index contributed by atoms with van der Waals surface area (Å²) < 4.78 is 11.2. The summed E-state index contributed by atoms with van der Waals surface area (Å²) in [5, 5.41) is 0. The molecule has 8 atom stereocenters. The molecule has 0 radical (unpaired) electrons. The molecule has 210 valence electrons. The fourth-order valence-corrected chi connectivity index (χ4v) is 9.64. The molecule has 3 saturated carbocycles. The van der Waals surface area contributed by atoms with Crippen LogP contribution in [0.3, 0.4) is 0 Å². The van der Waals surface area contributed by atoms with E-state index in [0.29, 0.717) is 5.41 Å². The van der Waals surface area contributed by atoms with Crippen molar-refractivity contribution in [3.8, 4) is 0 Å². The lowest BCUT2D eigenvalue weighted by Crippen LogP contribution is -2.51. The van der Waals surface area contributed by atoms with Crippen molar-refractivity contribution in [3.05, 3.63) is 47.5 Å². The van der Waals surface area contributed by atoms with E-state index < -0.39 is 6.16 Å². The highest BCUT2D eigenvalue weighted by atomic mass is 16.7. The maximum absolute atomic E-state index is 12.4. The fourth-order valence-electron chi connectivity index (χ4n) is 9.64. The van der Waals surface area contributed by atoms with Crippen LogP contribution in [0.2, 0.25) is 0 Å². The minimum atomic E-state index is -0.523. The van der Waals surface area contributed by atoms with E-state index in [1.54, 1.807) is 5.57 Å². The summed E-state index contributed by atoms with van der Waals surface area (Å²) in [4.78, 5) is 12.4. The minimum absolute atomic E-state index is 0.0504. The van der Waals surface area contributed by atoms with Crippen molar-refractivity contribution in [1.82, 2.24) is 0 Å². The highest BCUT2D eigenvalue weighted by Crippen LogP contribution is 2.67. The molecule has 0 spiro atoms. The summed E-state index contributed by atoms with van der Waals surface area (Å²) in [6, 6.07) is 9.83. The number of ether oxygens (including phenoxy) is 2. The van der Waals surface area contributed by atoms with E-state index >= 15 is 0 Å². The Morgan fingerprint density at radius 3 is 2.53 bits per heavy atom. The number of allylic oxidation sites excluding steroid dienone is 1. The molecule has 38 heavy (non-hydrogen) atoms. The smallest absolute Gasteiger partial charge is 0.431 e. The maximum atomic E-state index is 12.4. The zero-order valence-electron chi connectivity index (χ0n) is 24.7. The molecule has 0 amide bonds. The van der Waals surface area contributed by atoms with E-state index in [4.69, 9.17) is 9.47 Å². The third-order valence-electron chi connectivity index (χ3n) is 11.7. The van der Waals surface area contributed by atoms with Crippen LogP contribution in [0.25, 0.3) is 0 Å². The van der Waals surface area contributed by atoms with Gasteiger partial charge in [0.15, 0.2) is 0 Å². The predicted octanol–water partition coefficient (Wildman–Crippen LogP) is 9.75. The Labute approximate surface area is 232 Å². The van der Waals surface area contributed by atoms with Gasteiger partial charge in [-0.2, -0.15) is 0 Å². The first kappa shape index (κ1) is 27.8. The quantitative estimate of drug-likeness (QED) is 0.253.